The minimum Gasteiger partial charge on any atom is -0.496 e. The highest BCUT2D eigenvalue weighted by Gasteiger charge is 2.32. The molecule has 2 aromatic carbocycles. The summed E-state index contributed by atoms with van der Waals surface area (Å²) in [6.45, 7) is 0.296. The molecule has 0 bridgehead atoms. The predicted molar refractivity (Wildman–Crippen MR) is 95.8 cm³/mol. The molecule has 3 rings (SSSR count). The molecular weight excluding hydrogens is 358 g/mol. The normalized spacial score (nSPS) is 13.8. The Labute approximate surface area is 151 Å². The number of methoxy groups -OCH3 is 2. The van der Waals surface area contributed by atoms with Crippen LogP contribution in [0.2, 0.25) is 0 Å². The zero-order valence-corrected chi connectivity index (χ0v) is 15.2. The first-order chi connectivity index (χ1) is 12.4. The summed E-state index contributed by atoms with van der Waals surface area (Å²) in [6.07, 6.45) is 1.42. The molecule has 0 spiro atoms. The molecule has 1 aliphatic heterocycles. The number of fused-ring (bicyclic) bond motifs is 1. The molecule has 2 aromatic rings. The molecule has 0 atom stereocenters. The van der Waals surface area contributed by atoms with Crippen molar-refractivity contribution in [3.8, 4) is 11.5 Å². The molecule has 0 unspecified atom stereocenters. The number of nitrogens with zero attached hydrogens (tertiary/aromatic N) is 1. The van der Waals surface area contributed by atoms with Gasteiger partial charge >= 0.3 is 5.97 Å². The summed E-state index contributed by atoms with van der Waals surface area (Å²) < 4.78 is 38.1. The first-order valence-corrected chi connectivity index (χ1v) is 9.44. The van der Waals surface area contributed by atoms with Gasteiger partial charge in [-0.2, -0.15) is 0 Å². The van der Waals surface area contributed by atoms with E-state index in [1.165, 1.54) is 30.7 Å². The van der Waals surface area contributed by atoms with Crippen molar-refractivity contribution < 1.29 is 27.8 Å². The summed E-state index contributed by atoms with van der Waals surface area (Å²) in [5.74, 6) is -0.679. The molecule has 0 amide bonds. The number of hydrogen-bond acceptors (Lipinski definition) is 5. The Bertz CT molecular complexity index is 940. The second kappa shape index (κ2) is 6.87. The van der Waals surface area contributed by atoms with Crippen molar-refractivity contribution in [2.45, 2.75) is 17.7 Å². The second-order valence-electron chi connectivity index (χ2n) is 5.82. The summed E-state index contributed by atoms with van der Waals surface area (Å²) in [5.41, 5.74) is 1.19. The Hall–Kier alpha value is -2.74. The Morgan fingerprint density at radius 1 is 1.12 bits per heavy atom. The predicted octanol–water partition coefficient (Wildman–Crippen LogP) is 2.54. The highest BCUT2D eigenvalue weighted by Crippen LogP contribution is 2.39. The van der Waals surface area contributed by atoms with Crippen molar-refractivity contribution in [3.63, 3.8) is 0 Å². The average Bonchev–Trinajstić information content (AvgIpc) is 2.66. The van der Waals surface area contributed by atoms with E-state index < -0.39 is 16.0 Å². The summed E-state index contributed by atoms with van der Waals surface area (Å²) in [6, 6.07) is 9.23. The zero-order valence-electron chi connectivity index (χ0n) is 14.4. The van der Waals surface area contributed by atoms with E-state index in [4.69, 9.17) is 9.47 Å². The first-order valence-electron chi connectivity index (χ1n) is 8.00. The molecule has 26 heavy (non-hydrogen) atoms. The largest absolute Gasteiger partial charge is 0.496 e. The van der Waals surface area contributed by atoms with E-state index in [9.17, 15) is 18.3 Å². The fourth-order valence-corrected chi connectivity index (χ4v) is 4.70. The molecule has 138 valence electrons. The molecule has 0 radical (unpaired) electrons. The summed E-state index contributed by atoms with van der Waals surface area (Å²) in [5, 5.41) is 9.33. The van der Waals surface area contributed by atoms with Crippen molar-refractivity contribution >= 4 is 21.7 Å². The van der Waals surface area contributed by atoms with Crippen molar-refractivity contribution in [2.24, 2.45) is 0 Å². The number of aryl methyl sites for hydroxylation is 1. The SMILES string of the molecule is COc1ccc(S(=O)(=O)N2CCCc3cccc(OC)c32)cc1C(=O)O. The Kier molecular flexibility index (Phi) is 4.78. The van der Waals surface area contributed by atoms with Crippen LogP contribution in [0.1, 0.15) is 22.3 Å². The van der Waals surface area contributed by atoms with Gasteiger partial charge in [-0.25, -0.2) is 13.2 Å². The molecule has 8 heteroatoms. The van der Waals surface area contributed by atoms with Crippen LogP contribution < -0.4 is 13.8 Å². The second-order valence-corrected chi connectivity index (χ2v) is 7.68. The average molecular weight is 377 g/mol. The third-order valence-electron chi connectivity index (χ3n) is 4.35. The van der Waals surface area contributed by atoms with Gasteiger partial charge in [0.15, 0.2) is 0 Å². The number of carboxylic acids is 1. The van der Waals surface area contributed by atoms with E-state index >= 15 is 0 Å². The lowest BCUT2D eigenvalue weighted by molar-refractivity contribution is 0.0693. The first kappa shape index (κ1) is 18.1. The standard InChI is InChI=1S/C18H19NO6S/c1-24-15-9-8-13(11-14(15)18(20)21)26(22,23)19-10-4-6-12-5-3-7-16(25-2)17(12)19/h3,5,7-9,11H,4,6,10H2,1-2H3,(H,20,21). The summed E-state index contributed by atoms with van der Waals surface area (Å²) in [7, 11) is -1.13. The van der Waals surface area contributed by atoms with Crippen LogP contribution in [-0.2, 0) is 16.4 Å². The number of sulfonamides is 1. The third-order valence-corrected chi connectivity index (χ3v) is 6.14. The Morgan fingerprint density at radius 2 is 1.85 bits per heavy atom. The maximum Gasteiger partial charge on any atom is 0.339 e. The van der Waals surface area contributed by atoms with Crippen LogP contribution in [0.5, 0.6) is 11.5 Å². The molecular formula is C18H19NO6S. The van der Waals surface area contributed by atoms with Crippen LogP contribution in [0.4, 0.5) is 5.69 Å². The number of benzene rings is 2. The molecule has 1 N–H and O–H groups in total. The molecule has 7 nitrogen and oxygen atoms in total. The summed E-state index contributed by atoms with van der Waals surface area (Å²) >= 11 is 0. The number of hydrogen-bond donors (Lipinski definition) is 1. The highest BCUT2D eigenvalue weighted by molar-refractivity contribution is 7.92. The van der Waals surface area contributed by atoms with Gasteiger partial charge in [0.05, 0.1) is 24.8 Å². The molecule has 0 saturated carbocycles. The molecule has 0 aliphatic carbocycles. The van der Waals surface area contributed by atoms with E-state index in [1.807, 2.05) is 12.1 Å². The van der Waals surface area contributed by atoms with E-state index in [-0.39, 0.29) is 16.2 Å². The smallest absolute Gasteiger partial charge is 0.339 e. The van der Waals surface area contributed by atoms with Gasteiger partial charge in [0.2, 0.25) is 0 Å². The number of aromatic carboxylic acids is 1. The molecule has 0 fully saturated rings. The van der Waals surface area contributed by atoms with Crippen molar-refractivity contribution in [3.05, 3.63) is 47.5 Å². The fourth-order valence-electron chi connectivity index (χ4n) is 3.12. The van der Waals surface area contributed by atoms with Gasteiger partial charge in [0.25, 0.3) is 10.0 Å². The fraction of sp³-hybridized carbons (Fsp3) is 0.278. The van der Waals surface area contributed by atoms with Crippen LogP contribution in [0.15, 0.2) is 41.3 Å². The number of para-hydroxylation sites is 1. The van der Waals surface area contributed by atoms with E-state index in [0.29, 0.717) is 24.4 Å². The van der Waals surface area contributed by atoms with Crippen molar-refractivity contribution in [1.29, 1.82) is 0 Å². The monoisotopic (exact) mass is 377 g/mol. The van der Waals surface area contributed by atoms with Gasteiger partial charge in [-0.1, -0.05) is 12.1 Å². The van der Waals surface area contributed by atoms with Crippen molar-refractivity contribution in [1.82, 2.24) is 0 Å². The topological polar surface area (TPSA) is 93.1 Å². The maximum absolute atomic E-state index is 13.2. The Morgan fingerprint density at radius 3 is 2.50 bits per heavy atom. The van der Waals surface area contributed by atoms with Gasteiger partial charge < -0.3 is 14.6 Å². The molecule has 1 heterocycles. The molecule has 1 aliphatic rings. The van der Waals surface area contributed by atoms with E-state index in [2.05, 4.69) is 0 Å². The van der Waals surface area contributed by atoms with Crippen LogP contribution >= 0.6 is 0 Å². The lowest BCUT2D eigenvalue weighted by Gasteiger charge is -2.31. The van der Waals surface area contributed by atoms with Crippen LogP contribution in [0.25, 0.3) is 0 Å². The maximum atomic E-state index is 13.2. The van der Waals surface area contributed by atoms with Crippen LogP contribution in [0, 0.1) is 0 Å². The van der Waals surface area contributed by atoms with E-state index in [0.717, 1.165) is 18.1 Å². The quantitative estimate of drug-likeness (QED) is 0.861. The third kappa shape index (κ3) is 2.96. The van der Waals surface area contributed by atoms with E-state index in [1.54, 1.807) is 6.07 Å². The summed E-state index contributed by atoms with van der Waals surface area (Å²) in [4.78, 5) is 11.3. The number of anilines is 1. The highest BCUT2D eigenvalue weighted by atomic mass is 32.2. The van der Waals surface area contributed by atoms with Gasteiger partial charge in [0.1, 0.15) is 17.1 Å². The zero-order chi connectivity index (χ0) is 18.9. The van der Waals surface area contributed by atoms with Gasteiger partial charge in [-0.05, 0) is 42.7 Å². The van der Waals surface area contributed by atoms with Gasteiger partial charge in [-0.3, -0.25) is 4.31 Å². The minimum atomic E-state index is -3.95. The lowest BCUT2D eigenvalue weighted by atomic mass is 10.0. The van der Waals surface area contributed by atoms with Gasteiger partial charge in [-0.15, -0.1) is 0 Å². The Balaban J connectivity index is 2.14. The van der Waals surface area contributed by atoms with Crippen molar-refractivity contribution in [2.75, 3.05) is 25.1 Å². The number of carbonyl (C=O) groups is 1. The number of ether oxygens (including phenoxy) is 2. The van der Waals surface area contributed by atoms with Crippen LogP contribution in [0.3, 0.4) is 0 Å². The minimum absolute atomic E-state index is 0.102. The molecule has 0 saturated heterocycles. The molecule has 0 aromatic heterocycles. The van der Waals surface area contributed by atoms with Crippen LogP contribution in [-0.4, -0.2) is 40.3 Å². The number of carboxylic acid groups (broad SMARTS) is 1. The number of rotatable bonds is 5. The van der Waals surface area contributed by atoms with Gasteiger partial charge in [0, 0.05) is 6.54 Å². The lowest BCUT2D eigenvalue weighted by Crippen LogP contribution is -2.36.